The molecular formula is C16H13BrF3NO. The summed E-state index contributed by atoms with van der Waals surface area (Å²) in [6.07, 6.45) is 1.59. The van der Waals surface area contributed by atoms with Crippen LogP contribution in [0.5, 0.6) is 0 Å². The highest BCUT2D eigenvalue weighted by molar-refractivity contribution is 9.10. The zero-order chi connectivity index (χ0) is 16.3. The molecule has 22 heavy (non-hydrogen) atoms. The Hall–Kier alpha value is -1.69. The van der Waals surface area contributed by atoms with Gasteiger partial charge in [0.15, 0.2) is 0 Å². The summed E-state index contributed by atoms with van der Waals surface area (Å²) >= 11 is 3.18. The molecule has 0 aliphatic rings. The van der Waals surface area contributed by atoms with E-state index in [9.17, 15) is 13.6 Å². The second-order valence-corrected chi connectivity index (χ2v) is 5.78. The molecule has 0 saturated carbocycles. The molecule has 2 rings (SSSR count). The molecule has 6 heteroatoms. The van der Waals surface area contributed by atoms with Crippen molar-refractivity contribution in [1.82, 2.24) is 4.98 Å². The quantitative estimate of drug-likeness (QED) is 0.694. The minimum Gasteiger partial charge on any atom is -0.290 e. The lowest BCUT2D eigenvalue weighted by Crippen LogP contribution is -2.33. The van der Waals surface area contributed by atoms with E-state index in [2.05, 4.69) is 20.9 Å². The standard InChI is InChI=1S/C16H13BrF3NO/c1-2-7-16(20,14-6-3-10(17)9-21-14)15(22)12-5-4-11(18)8-13(12)19/h3-6,8-9H,2,7H2,1H3. The molecule has 0 fully saturated rings. The van der Waals surface area contributed by atoms with Crippen molar-refractivity contribution in [2.75, 3.05) is 0 Å². The fourth-order valence-electron chi connectivity index (χ4n) is 2.20. The van der Waals surface area contributed by atoms with Crippen LogP contribution in [0.25, 0.3) is 0 Å². The summed E-state index contributed by atoms with van der Waals surface area (Å²) in [6.45, 7) is 1.71. The van der Waals surface area contributed by atoms with E-state index in [0.717, 1.165) is 12.1 Å². The zero-order valence-corrected chi connectivity index (χ0v) is 13.3. The molecule has 2 nitrogen and oxygen atoms in total. The number of aromatic nitrogens is 1. The molecule has 116 valence electrons. The summed E-state index contributed by atoms with van der Waals surface area (Å²) in [5, 5.41) is 0. The zero-order valence-electron chi connectivity index (χ0n) is 11.7. The normalized spacial score (nSPS) is 13.7. The van der Waals surface area contributed by atoms with Crippen LogP contribution >= 0.6 is 15.9 Å². The first-order valence-electron chi connectivity index (χ1n) is 6.69. The molecule has 0 aliphatic carbocycles. The van der Waals surface area contributed by atoms with E-state index in [4.69, 9.17) is 0 Å². The molecule has 0 saturated heterocycles. The number of ketones is 1. The van der Waals surface area contributed by atoms with Crippen molar-refractivity contribution in [2.24, 2.45) is 0 Å². The number of halogens is 4. The predicted octanol–water partition coefficient (Wildman–Crippen LogP) is 4.97. The van der Waals surface area contributed by atoms with Crippen LogP contribution in [-0.4, -0.2) is 10.8 Å². The largest absolute Gasteiger partial charge is 0.290 e. The van der Waals surface area contributed by atoms with E-state index in [0.29, 0.717) is 17.0 Å². The Balaban J connectivity index is 2.50. The second-order valence-electron chi connectivity index (χ2n) is 4.87. The Morgan fingerprint density at radius 1 is 1.27 bits per heavy atom. The van der Waals surface area contributed by atoms with Crippen molar-refractivity contribution in [3.05, 3.63) is 63.9 Å². The second kappa shape index (κ2) is 6.60. The number of alkyl halides is 1. The van der Waals surface area contributed by atoms with Gasteiger partial charge >= 0.3 is 0 Å². The van der Waals surface area contributed by atoms with Crippen molar-refractivity contribution in [3.8, 4) is 0 Å². The predicted molar refractivity (Wildman–Crippen MR) is 80.3 cm³/mol. The number of rotatable bonds is 5. The fraction of sp³-hybridized carbons (Fsp3) is 0.250. The van der Waals surface area contributed by atoms with Crippen LogP contribution in [0.2, 0.25) is 0 Å². The molecule has 1 aromatic carbocycles. The fourth-order valence-corrected chi connectivity index (χ4v) is 2.43. The number of pyridine rings is 1. The van der Waals surface area contributed by atoms with Crippen LogP contribution in [0.3, 0.4) is 0 Å². The Bertz CT molecular complexity index is 690. The molecule has 0 spiro atoms. The average Bonchev–Trinajstić information content (AvgIpc) is 2.47. The lowest BCUT2D eigenvalue weighted by molar-refractivity contribution is 0.0634. The topological polar surface area (TPSA) is 30.0 Å². The Kier molecular flexibility index (Phi) is 5.01. The third kappa shape index (κ3) is 3.21. The Labute approximate surface area is 134 Å². The van der Waals surface area contributed by atoms with Crippen molar-refractivity contribution in [1.29, 1.82) is 0 Å². The first-order valence-corrected chi connectivity index (χ1v) is 7.48. The summed E-state index contributed by atoms with van der Waals surface area (Å²) in [5.41, 5.74) is -3.03. The van der Waals surface area contributed by atoms with Gasteiger partial charge in [-0.25, -0.2) is 13.2 Å². The highest BCUT2D eigenvalue weighted by Crippen LogP contribution is 2.35. The number of hydrogen-bond acceptors (Lipinski definition) is 2. The van der Waals surface area contributed by atoms with E-state index in [1.165, 1.54) is 12.3 Å². The Morgan fingerprint density at radius 3 is 2.55 bits per heavy atom. The van der Waals surface area contributed by atoms with Gasteiger partial charge in [0.2, 0.25) is 11.5 Å². The number of benzene rings is 1. The van der Waals surface area contributed by atoms with Gasteiger partial charge in [0.25, 0.3) is 0 Å². The van der Waals surface area contributed by atoms with Gasteiger partial charge in [0.1, 0.15) is 11.6 Å². The number of hydrogen-bond donors (Lipinski definition) is 0. The summed E-state index contributed by atoms with van der Waals surface area (Å²) in [7, 11) is 0. The maximum absolute atomic E-state index is 15.3. The van der Waals surface area contributed by atoms with Gasteiger partial charge in [-0.2, -0.15) is 0 Å². The molecule has 1 heterocycles. The van der Waals surface area contributed by atoms with Crippen LogP contribution in [0.15, 0.2) is 41.0 Å². The van der Waals surface area contributed by atoms with Gasteiger partial charge in [-0.1, -0.05) is 13.3 Å². The first-order chi connectivity index (χ1) is 10.4. The van der Waals surface area contributed by atoms with Crippen molar-refractivity contribution in [2.45, 2.75) is 25.4 Å². The van der Waals surface area contributed by atoms with E-state index in [1.54, 1.807) is 13.0 Å². The molecule has 0 bridgehead atoms. The van der Waals surface area contributed by atoms with Crippen LogP contribution < -0.4 is 0 Å². The summed E-state index contributed by atoms with van der Waals surface area (Å²) in [4.78, 5) is 16.4. The lowest BCUT2D eigenvalue weighted by atomic mass is 9.87. The van der Waals surface area contributed by atoms with Gasteiger partial charge in [-0.15, -0.1) is 0 Å². The molecule has 1 unspecified atom stereocenters. The van der Waals surface area contributed by atoms with Crippen LogP contribution in [0.4, 0.5) is 13.2 Å². The van der Waals surface area contributed by atoms with E-state index < -0.39 is 28.6 Å². The number of nitrogens with zero attached hydrogens (tertiary/aromatic N) is 1. The molecule has 0 amide bonds. The molecule has 0 N–H and O–H groups in total. The lowest BCUT2D eigenvalue weighted by Gasteiger charge is -2.23. The smallest absolute Gasteiger partial charge is 0.215 e. The summed E-state index contributed by atoms with van der Waals surface area (Å²) in [5.74, 6) is -2.96. The van der Waals surface area contributed by atoms with Gasteiger partial charge in [0.05, 0.1) is 11.3 Å². The van der Waals surface area contributed by atoms with Crippen molar-refractivity contribution >= 4 is 21.7 Å². The first kappa shape index (κ1) is 16.7. The molecule has 0 aliphatic heterocycles. The van der Waals surface area contributed by atoms with Gasteiger partial charge in [0, 0.05) is 16.7 Å². The maximum atomic E-state index is 15.3. The molecule has 1 aromatic heterocycles. The van der Waals surface area contributed by atoms with Crippen LogP contribution in [0.1, 0.15) is 35.8 Å². The summed E-state index contributed by atoms with van der Waals surface area (Å²) < 4.78 is 42.7. The Morgan fingerprint density at radius 2 is 2.00 bits per heavy atom. The highest BCUT2D eigenvalue weighted by atomic mass is 79.9. The number of Topliss-reactive ketones (excluding diaryl/α,β-unsaturated/α-hetero) is 1. The number of carbonyl (C=O) groups is 1. The molecule has 2 aromatic rings. The van der Waals surface area contributed by atoms with Crippen LogP contribution in [-0.2, 0) is 5.67 Å². The maximum Gasteiger partial charge on any atom is 0.215 e. The van der Waals surface area contributed by atoms with Gasteiger partial charge in [-0.05, 0) is 46.6 Å². The highest BCUT2D eigenvalue weighted by Gasteiger charge is 2.42. The third-order valence-corrected chi connectivity index (χ3v) is 3.73. The molecule has 1 atom stereocenters. The average molecular weight is 372 g/mol. The van der Waals surface area contributed by atoms with Crippen molar-refractivity contribution in [3.63, 3.8) is 0 Å². The van der Waals surface area contributed by atoms with Crippen LogP contribution in [0, 0.1) is 11.6 Å². The SMILES string of the molecule is CCCC(F)(C(=O)c1ccc(F)cc1F)c1ccc(Br)cn1. The monoisotopic (exact) mass is 371 g/mol. The minimum absolute atomic E-state index is 0.0914. The van der Waals surface area contributed by atoms with Gasteiger partial charge < -0.3 is 0 Å². The van der Waals surface area contributed by atoms with Crippen molar-refractivity contribution < 1.29 is 18.0 Å². The van der Waals surface area contributed by atoms with Gasteiger partial charge in [-0.3, -0.25) is 9.78 Å². The summed E-state index contributed by atoms with van der Waals surface area (Å²) in [6, 6.07) is 5.38. The molecular weight excluding hydrogens is 359 g/mol. The molecule has 0 radical (unpaired) electrons. The van der Waals surface area contributed by atoms with E-state index in [1.807, 2.05) is 0 Å². The minimum atomic E-state index is -2.45. The third-order valence-electron chi connectivity index (χ3n) is 3.26. The van der Waals surface area contributed by atoms with E-state index in [-0.39, 0.29) is 12.1 Å². The van der Waals surface area contributed by atoms with E-state index >= 15 is 4.39 Å². The number of carbonyl (C=O) groups excluding carboxylic acids is 1.